The summed E-state index contributed by atoms with van der Waals surface area (Å²) in [5.41, 5.74) is 9.49. The standard InChI is InChI=1S/C24H25N5O2S/c1-15-9-10-26-23(11-15)29-22-6-4-5-18(28-22)21-14-27-24(32-21)17(25)12-16-7-8-19(30-2)20(13-16)31-3/h4-11,13-14,17H,12,25H2,1-3H3,(H,26,28,29)/t17-/m0/s1. The summed E-state index contributed by atoms with van der Waals surface area (Å²) >= 11 is 1.55. The predicted molar refractivity (Wildman–Crippen MR) is 128 cm³/mol. The topological polar surface area (TPSA) is 95.2 Å². The number of aromatic nitrogens is 3. The molecule has 4 aromatic rings. The first-order valence-corrected chi connectivity index (χ1v) is 11.0. The number of hydrogen-bond donors (Lipinski definition) is 2. The Balaban J connectivity index is 1.48. The summed E-state index contributed by atoms with van der Waals surface area (Å²) in [5.74, 6) is 2.87. The summed E-state index contributed by atoms with van der Waals surface area (Å²) in [6.45, 7) is 2.03. The van der Waals surface area contributed by atoms with Gasteiger partial charge in [0.1, 0.15) is 16.6 Å². The molecule has 0 saturated heterocycles. The van der Waals surface area contributed by atoms with E-state index in [2.05, 4.69) is 15.3 Å². The van der Waals surface area contributed by atoms with Crippen molar-refractivity contribution in [2.45, 2.75) is 19.4 Å². The summed E-state index contributed by atoms with van der Waals surface area (Å²) in [7, 11) is 3.25. The number of benzene rings is 1. The van der Waals surface area contributed by atoms with Crippen molar-refractivity contribution in [3.63, 3.8) is 0 Å². The van der Waals surface area contributed by atoms with E-state index in [0.29, 0.717) is 17.9 Å². The molecule has 1 aromatic carbocycles. The number of nitrogens with zero attached hydrogens (tertiary/aromatic N) is 3. The van der Waals surface area contributed by atoms with E-state index in [1.54, 1.807) is 31.8 Å². The molecule has 0 aliphatic carbocycles. The zero-order valence-electron chi connectivity index (χ0n) is 18.2. The highest BCUT2D eigenvalue weighted by Gasteiger charge is 2.15. The fourth-order valence-corrected chi connectivity index (χ4v) is 4.19. The zero-order chi connectivity index (χ0) is 22.5. The SMILES string of the molecule is COc1ccc(C[C@H](N)c2ncc(-c3cccc(Nc4cc(C)ccn4)n3)s2)cc1OC. The van der Waals surface area contributed by atoms with Gasteiger partial charge in [0.2, 0.25) is 0 Å². The molecule has 0 aliphatic heterocycles. The summed E-state index contributed by atoms with van der Waals surface area (Å²) in [6.07, 6.45) is 4.24. The number of methoxy groups -OCH3 is 2. The Morgan fingerprint density at radius 3 is 2.62 bits per heavy atom. The number of anilines is 2. The van der Waals surface area contributed by atoms with Crippen molar-refractivity contribution in [3.8, 4) is 22.1 Å². The molecular formula is C24H25N5O2S. The molecule has 0 bridgehead atoms. The van der Waals surface area contributed by atoms with Crippen molar-refractivity contribution in [2.75, 3.05) is 19.5 Å². The number of pyridine rings is 2. The largest absolute Gasteiger partial charge is 0.493 e. The van der Waals surface area contributed by atoms with Crippen LogP contribution in [0.25, 0.3) is 10.6 Å². The number of rotatable bonds is 8. The van der Waals surface area contributed by atoms with Crippen molar-refractivity contribution >= 4 is 23.0 Å². The van der Waals surface area contributed by atoms with E-state index in [9.17, 15) is 0 Å². The first-order valence-electron chi connectivity index (χ1n) is 10.1. The number of thiazole rings is 1. The second kappa shape index (κ2) is 9.76. The molecule has 0 unspecified atom stereocenters. The fraction of sp³-hybridized carbons (Fsp3) is 0.208. The summed E-state index contributed by atoms with van der Waals surface area (Å²) in [4.78, 5) is 14.6. The molecular weight excluding hydrogens is 422 g/mol. The van der Waals surface area contributed by atoms with Gasteiger partial charge in [0.25, 0.3) is 0 Å². The Kier molecular flexibility index (Phi) is 6.63. The van der Waals surface area contributed by atoms with Crippen LogP contribution in [0.2, 0.25) is 0 Å². The molecule has 3 N–H and O–H groups in total. The highest BCUT2D eigenvalue weighted by Crippen LogP contribution is 2.32. The van der Waals surface area contributed by atoms with E-state index < -0.39 is 0 Å². The molecule has 164 valence electrons. The first-order chi connectivity index (χ1) is 15.6. The number of hydrogen-bond acceptors (Lipinski definition) is 8. The van der Waals surface area contributed by atoms with E-state index in [1.165, 1.54) is 0 Å². The normalized spacial score (nSPS) is 11.8. The summed E-state index contributed by atoms with van der Waals surface area (Å²) in [6, 6.07) is 15.4. The van der Waals surface area contributed by atoms with Gasteiger partial charge in [-0.1, -0.05) is 12.1 Å². The van der Waals surface area contributed by atoms with Crippen LogP contribution in [0.5, 0.6) is 11.5 Å². The Bertz CT molecular complexity index is 1210. The molecule has 1 atom stereocenters. The molecule has 0 saturated carbocycles. The van der Waals surface area contributed by atoms with Gasteiger partial charge in [-0.15, -0.1) is 11.3 Å². The molecule has 8 heteroatoms. The summed E-state index contributed by atoms with van der Waals surface area (Å²) < 4.78 is 10.7. The maximum Gasteiger partial charge on any atom is 0.160 e. The minimum Gasteiger partial charge on any atom is -0.493 e. The van der Waals surface area contributed by atoms with E-state index in [0.717, 1.165) is 38.3 Å². The molecule has 7 nitrogen and oxygen atoms in total. The molecule has 0 aliphatic rings. The molecule has 0 spiro atoms. The monoisotopic (exact) mass is 447 g/mol. The Morgan fingerprint density at radius 2 is 1.84 bits per heavy atom. The smallest absolute Gasteiger partial charge is 0.160 e. The molecule has 32 heavy (non-hydrogen) atoms. The second-order valence-corrected chi connectivity index (χ2v) is 8.38. The van der Waals surface area contributed by atoms with E-state index in [4.69, 9.17) is 20.2 Å². The van der Waals surface area contributed by atoms with Gasteiger partial charge < -0.3 is 20.5 Å². The van der Waals surface area contributed by atoms with Gasteiger partial charge in [0.05, 0.1) is 30.8 Å². The summed E-state index contributed by atoms with van der Waals surface area (Å²) in [5, 5.41) is 4.11. The van der Waals surface area contributed by atoms with Crippen LogP contribution in [0, 0.1) is 6.92 Å². The van der Waals surface area contributed by atoms with Crippen LogP contribution >= 0.6 is 11.3 Å². The first kappa shape index (κ1) is 21.7. The van der Waals surface area contributed by atoms with Crippen LogP contribution in [0.3, 0.4) is 0 Å². The Labute approximate surface area is 191 Å². The fourth-order valence-electron chi connectivity index (χ4n) is 3.30. The van der Waals surface area contributed by atoms with Crippen LogP contribution < -0.4 is 20.5 Å². The van der Waals surface area contributed by atoms with Gasteiger partial charge in [-0.2, -0.15) is 0 Å². The quantitative estimate of drug-likeness (QED) is 0.396. The maximum atomic E-state index is 6.46. The third-order valence-electron chi connectivity index (χ3n) is 4.92. The Morgan fingerprint density at radius 1 is 1.00 bits per heavy atom. The highest BCUT2D eigenvalue weighted by molar-refractivity contribution is 7.15. The predicted octanol–water partition coefficient (Wildman–Crippen LogP) is 4.91. The number of ether oxygens (including phenoxy) is 2. The molecule has 4 rings (SSSR count). The third-order valence-corrected chi connectivity index (χ3v) is 6.07. The highest BCUT2D eigenvalue weighted by atomic mass is 32.1. The van der Waals surface area contributed by atoms with Gasteiger partial charge in [-0.05, 0) is 60.9 Å². The minimum atomic E-state index is -0.232. The Hall–Kier alpha value is -3.49. The van der Waals surface area contributed by atoms with Gasteiger partial charge >= 0.3 is 0 Å². The molecule has 3 heterocycles. The lowest BCUT2D eigenvalue weighted by Crippen LogP contribution is -2.13. The number of nitrogens with one attached hydrogen (secondary N) is 1. The van der Waals surface area contributed by atoms with Crippen molar-refractivity contribution in [1.82, 2.24) is 15.0 Å². The van der Waals surface area contributed by atoms with Crippen molar-refractivity contribution in [3.05, 3.63) is 77.1 Å². The van der Waals surface area contributed by atoms with Gasteiger partial charge in [-0.25, -0.2) is 15.0 Å². The lowest BCUT2D eigenvalue weighted by atomic mass is 10.1. The minimum absolute atomic E-state index is 0.232. The van der Waals surface area contributed by atoms with Crippen molar-refractivity contribution < 1.29 is 9.47 Å². The maximum absolute atomic E-state index is 6.46. The van der Waals surface area contributed by atoms with E-state index >= 15 is 0 Å². The van der Waals surface area contributed by atoms with Crippen LogP contribution in [0.1, 0.15) is 22.2 Å². The molecule has 0 radical (unpaired) electrons. The number of aryl methyl sites for hydroxylation is 1. The van der Waals surface area contributed by atoms with Crippen LogP contribution in [-0.4, -0.2) is 29.2 Å². The lowest BCUT2D eigenvalue weighted by Gasteiger charge is -2.12. The molecule has 0 fully saturated rings. The van der Waals surface area contributed by atoms with E-state index in [1.807, 2.05) is 61.7 Å². The zero-order valence-corrected chi connectivity index (χ0v) is 19.0. The average molecular weight is 448 g/mol. The van der Waals surface area contributed by atoms with Crippen molar-refractivity contribution in [2.24, 2.45) is 5.73 Å². The van der Waals surface area contributed by atoms with Crippen molar-refractivity contribution in [1.29, 1.82) is 0 Å². The lowest BCUT2D eigenvalue weighted by molar-refractivity contribution is 0.354. The third kappa shape index (κ3) is 5.04. The van der Waals surface area contributed by atoms with Crippen LogP contribution in [0.4, 0.5) is 11.6 Å². The van der Waals surface area contributed by atoms with Gasteiger partial charge in [0.15, 0.2) is 11.5 Å². The molecule has 0 amide bonds. The number of nitrogens with two attached hydrogens (primary N) is 1. The van der Waals surface area contributed by atoms with Gasteiger partial charge in [0, 0.05) is 12.4 Å². The average Bonchev–Trinajstić information content (AvgIpc) is 3.30. The van der Waals surface area contributed by atoms with Gasteiger partial charge in [-0.3, -0.25) is 0 Å². The molecule has 3 aromatic heterocycles. The van der Waals surface area contributed by atoms with E-state index in [-0.39, 0.29) is 6.04 Å². The second-order valence-electron chi connectivity index (χ2n) is 7.31. The van der Waals surface area contributed by atoms with Crippen LogP contribution in [0.15, 0.2) is 60.9 Å². The van der Waals surface area contributed by atoms with Crippen LogP contribution in [-0.2, 0) is 6.42 Å².